The van der Waals surface area contributed by atoms with Crippen LogP contribution in [0.5, 0.6) is 0 Å². The standard InChI is InChI=1S/C14H22N2O/c1-17-14-7-8-16(11-14)10-13(9-15)12-5-3-2-4-6-12/h2-6,13-14H,7-11,15H2,1H3. The molecule has 0 aromatic heterocycles. The molecule has 0 bridgehead atoms. The van der Waals surface area contributed by atoms with Crippen LogP contribution in [-0.4, -0.2) is 44.3 Å². The van der Waals surface area contributed by atoms with E-state index in [9.17, 15) is 0 Å². The number of hydrogen-bond acceptors (Lipinski definition) is 3. The minimum atomic E-state index is 0.407. The van der Waals surface area contributed by atoms with Gasteiger partial charge in [-0.3, -0.25) is 0 Å². The molecule has 0 saturated carbocycles. The number of likely N-dealkylation sites (tertiary alicyclic amines) is 1. The Kier molecular flexibility index (Phi) is 4.54. The van der Waals surface area contributed by atoms with E-state index in [2.05, 4.69) is 29.2 Å². The van der Waals surface area contributed by atoms with Crippen molar-refractivity contribution in [2.24, 2.45) is 5.73 Å². The minimum Gasteiger partial charge on any atom is -0.380 e. The normalized spacial score (nSPS) is 22.8. The summed E-state index contributed by atoms with van der Waals surface area (Å²) in [6.07, 6.45) is 1.55. The van der Waals surface area contributed by atoms with Crippen molar-refractivity contribution in [1.82, 2.24) is 4.90 Å². The zero-order chi connectivity index (χ0) is 12.1. The molecule has 1 heterocycles. The summed E-state index contributed by atoms with van der Waals surface area (Å²) in [6, 6.07) is 10.6. The molecule has 0 radical (unpaired) electrons. The Bertz CT molecular complexity index is 328. The van der Waals surface area contributed by atoms with E-state index in [1.165, 1.54) is 5.56 Å². The van der Waals surface area contributed by atoms with Crippen LogP contribution in [0, 0.1) is 0 Å². The summed E-state index contributed by atoms with van der Waals surface area (Å²) in [5.74, 6) is 0.437. The first-order chi connectivity index (χ1) is 8.33. The highest BCUT2D eigenvalue weighted by Gasteiger charge is 2.24. The van der Waals surface area contributed by atoms with Gasteiger partial charge in [-0.05, 0) is 12.0 Å². The van der Waals surface area contributed by atoms with Crippen molar-refractivity contribution in [1.29, 1.82) is 0 Å². The molecule has 1 aliphatic rings. The number of hydrogen-bond donors (Lipinski definition) is 1. The quantitative estimate of drug-likeness (QED) is 0.838. The van der Waals surface area contributed by atoms with Crippen LogP contribution in [0.4, 0.5) is 0 Å². The van der Waals surface area contributed by atoms with E-state index in [1.54, 1.807) is 7.11 Å². The lowest BCUT2D eigenvalue weighted by molar-refractivity contribution is 0.107. The van der Waals surface area contributed by atoms with E-state index < -0.39 is 0 Å². The number of benzene rings is 1. The van der Waals surface area contributed by atoms with Crippen LogP contribution in [0.2, 0.25) is 0 Å². The predicted molar refractivity (Wildman–Crippen MR) is 70.1 cm³/mol. The molecule has 3 nitrogen and oxygen atoms in total. The molecule has 1 fully saturated rings. The van der Waals surface area contributed by atoms with Gasteiger partial charge in [0.25, 0.3) is 0 Å². The Balaban J connectivity index is 1.92. The summed E-state index contributed by atoms with van der Waals surface area (Å²) < 4.78 is 5.39. The van der Waals surface area contributed by atoms with Crippen LogP contribution in [-0.2, 0) is 4.74 Å². The Morgan fingerprint density at radius 2 is 2.18 bits per heavy atom. The van der Waals surface area contributed by atoms with Gasteiger partial charge in [-0.1, -0.05) is 30.3 Å². The number of nitrogens with zero attached hydrogens (tertiary/aromatic N) is 1. The average Bonchev–Trinajstić information content (AvgIpc) is 2.84. The Morgan fingerprint density at radius 3 is 2.76 bits per heavy atom. The molecule has 2 rings (SSSR count). The van der Waals surface area contributed by atoms with Gasteiger partial charge in [0.05, 0.1) is 6.10 Å². The van der Waals surface area contributed by atoms with Gasteiger partial charge in [0.1, 0.15) is 0 Å². The van der Waals surface area contributed by atoms with E-state index in [-0.39, 0.29) is 0 Å². The van der Waals surface area contributed by atoms with Gasteiger partial charge in [0.2, 0.25) is 0 Å². The van der Waals surface area contributed by atoms with Crippen molar-refractivity contribution in [3.8, 4) is 0 Å². The van der Waals surface area contributed by atoms with Crippen LogP contribution >= 0.6 is 0 Å². The fourth-order valence-electron chi connectivity index (χ4n) is 2.51. The Hall–Kier alpha value is -0.900. The van der Waals surface area contributed by atoms with Crippen LogP contribution in [0.15, 0.2) is 30.3 Å². The molecule has 17 heavy (non-hydrogen) atoms. The lowest BCUT2D eigenvalue weighted by Crippen LogP contribution is -2.31. The van der Waals surface area contributed by atoms with Crippen molar-refractivity contribution in [3.05, 3.63) is 35.9 Å². The van der Waals surface area contributed by atoms with Crippen LogP contribution in [0.3, 0.4) is 0 Å². The zero-order valence-corrected chi connectivity index (χ0v) is 10.5. The van der Waals surface area contributed by atoms with Gasteiger partial charge in [0.15, 0.2) is 0 Å². The summed E-state index contributed by atoms with van der Waals surface area (Å²) in [4.78, 5) is 2.46. The molecule has 1 aromatic carbocycles. The Morgan fingerprint density at radius 1 is 1.41 bits per heavy atom. The molecular weight excluding hydrogens is 212 g/mol. The molecule has 0 spiro atoms. The highest BCUT2D eigenvalue weighted by Crippen LogP contribution is 2.19. The van der Waals surface area contributed by atoms with Gasteiger partial charge >= 0.3 is 0 Å². The molecular formula is C14H22N2O. The molecule has 94 valence electrons. The second-order valence-electron chi connectivity index (χ2n) is 4.75. The maximum absolute atomic E-state index is 5.89. The summed E-state index contributed by atoms with van der Waals surface area (Å²) >= 11 is 0. The monoisotopic (exact) mass is 234 g/mol. The highest BCUT2D eigenvalue weighted by molar-refractivity contribution is 5.20. The zero-order valence-electron chi connectivity index (χ0n) is 10.5. The van der Waals surface area contributed by atoms with Crippen LogP contribution in [0.1, 0.15) is 17.9 Å². The third-order valence-corrected chi connectivity index (χ3v) is 3.60. The number of rotatable bonds is 5. The molecule has 2 atom stereocenters. The van der Waals surface area contributed by atoms with Crippen LogP contribution in [0.25, 0.3) is 0 Å². The summed E-state index contributed by atoms with van der Waals surface area (Å²) in [7, 11) is 1.80. The third-order valence-electron chi connectivity index (χ3n) is 3.60. The van der Waals surface area contributed by atoms with Crippen molar-refractivity contribution in [2.45, 2.75) is 18.4 Å². The van der Waals surface area contributed by atoms with Crippen molar-refractivity contribution in [2.75, 3.05) is 33.3 Å². The number of ether oxygens (including phenoxy) is 1. The van der Waals surface area contributed by atoms with Gasteiger partial charge in [-0.2, -0.15) is 0 Å². The van der Waals surface area contributed by atoms with Gasteiger partial charge in [0, 0.05) is 39.2 Å². The van der Waals surface area contributed by atoms with E-state index >= 15 is 0 Å². The third kappa shape index (κ3) is 3.28. The molecule has 0 amide bonds. The summed E-state index contributed by atoms with van der Waals surface area (Å²) in [5, 5.41) is 0. The molecule has 2 N–H and O–H groups in total. The fourth-order valence-corrected chi connectivity index (χ4v) is 2.51. The van der Waals surface area contributed by atoms with Crippen molar-refractivity contribution < 1.29 is 4.74 Å². The maximum atomic E-state index is 5.89. The highest BCUT2D eigenvalue weighted by atomic mass is 16.5. The SMILES string of the molecule is COC1CCN(CC(CN)c2ccccc2)C1. The molecule has 1 saturated heterocycles. The van der Waals surface area contributed by atoms with Crippen molar-refractivity contribution in [3.63, 3.8) is 0 Å². The first kappa shape index (κ1) is 12.6. The topological polar surface area (TPSA) is 38.5 Å². The average molecular weight is 234 g/mol. The molecule has 2 unspecified atom stereocenters. The lowest BCUT2D eigenvalue weighted by atomic mass is 9.99. The van der Waals surface area contributed by atoms with Gasteiger partial charge < -0.3 is 15.4 Å². The lowest BCUT2D eigenvalue weighted by Gasteiger charge is -2.22. The Labute approximate surface area is 104 Å². The number of nitrogens with two attached hydrogens (primary N) is 1. The van der Waals surface area contributed by atoms with Gasteiger partial charge in [-0.25, -0.2) is 0 Å². The molecule has 1 aliphatic heterocycles. The molecule has 3 heteroatoms. The van der Waals surface area contributed by atoms with E-state index in [4.69, 9.17) is 10.5 Å². The molecule has 0 aliphatic carbocycles. The van der Waals surface area contributed by atoms with Crippen LogP contribution < -0.4 is 5.73 Å². The largest absolute Gasteiger partial charge is 0.380 e. The van der Waals surface area contributed by atoms with E-state index in [0.717, 1.165) is 26.1 Å². The van der Waals surface area contributed by atoms with E-state index in [0.29, 0.717) is 18.6 Å². The second kappa shape index (κ2) is 6.15. The summed E-state index contributed by atoms with van der Waals surface area (Å²) in [6.45, 7) is 3.92. The first-order valence-corrected chi connectivity index (χ1v) is 6.33. The summed E-state index contributed by atoms with van der Waals surface area (Å²) in [5.41, 5.74) is 7.24. The van der Waals surface area contributed by atoms with E-state index in [1.807, 2.05) is 6.07 Å². The van der Waals surface area contributed by atoms with Gasteiger partial charge in [-0.15, -0.1) is 0 Å². The molecule has 1 aromatic rings. The first-order valence-electron chi connectivity index (χ1n) is 6.33. The predicted octanol–water partition coefficient (Wildman–Crippen LogP) is 1.45. The maximum Gasteiger partial charge on any atom is 0.0710 e. The number of methoxy groups -OCH3 is 1. The second-order valence-corrected chi connectivity index (χ2v) is 4.75. The minimum absolute atomic E-state index is 0.407. The fraction of sp³-hybridized carbons (Fsp3) is 0.571. The van der Waals surface area contributed by atoms with Crippen molar-refractivity contribution >= 4 is 0 Å². The smallest absolute Gasteiger partial charge is 0.0710 e.